The smallest absolute Gasteiger partial charge is 0.339 e. The van der Waals surface area contributed by atoms with Gasteiger partial charge in [-0.3, -0.25) is 0 Å². The van der Waals surface area contributed by atoms with E-state index in [1.165, 1.54) is 216 Å². The molecule has 0 saturated carbocycles. The Labute approximate surface area is 479 Å². The van der Waals surface area contributed by atoms with E-state index in [9.17, 15) is 9.59 Å². The second-order valence-electron chi connectivity index (χ2n) is 24.3. The molecule has 1 aliphatic carbocycles. The van der Waals surface area contributed by atoms with E-state index in [4.69, 9.17) is 9.47 Å². The van der Waals surface area contributed by atoms with Crippen molar-refractivity contribution in [3.05, 3.63) is 90.0 Å². The molecule has 0 saturated heterocycles. The molecule has 0 unspecified atom stereocenters. The molecule has 4 aromatic carbocycles. The molecule has 0 heterocycles. The van der Waals surface area contributed by atoms with Crippen LogP contribution in [0.3, 0.4) is 0 Å². The standard InChI is InChI=1S/C74H116O4/c1-11-19-27-35-43-55-56(44-36-28-20-12-2)58(46-38-30-22-14-4)64-52-66-60(48-40-32-24-16-6)68-54-70-62(50-42-34-26-18-8)72(74(76)78-10)71(73(75)77-9)61(49-41-33-25-17-7)69(70)53-67(68)59(47-39-31-23-15-5)65(66)51-63(64)57(55)45-37-29-21-13-3/h51-52H,11-50,53-54H2,1-10H3. The van der Waals surface area contributed by atoms with Crippen LogP contribution >= 0.6 is 0 Å². The van der Waals surface area contributed by atoms with Crippen molar-refractivity contribution in [2.24, 2.45) is 0 Å². The normalized spacial score (nSPS) is 12.2. The van der Waals surface area contributed by atoms with Crippen LogP contribution in [0.1, 0.15) is 348 Å². The molecule has 0 atom stereocenters. The monoisotopic (exact) mass is 1070 g/mol. The molecule has 0 aliphatic heterocycles. The minimum atomic E-state index is -0.391. The lowest BCUT2D eigenvalue weighted by Crippen LogP contribution is -2.25. The Morgan fingerprint density at radius 1 is 0.282 bits per heavy atom. The summed E-state index contributed by atoms with van der Waals surface area (Å²) in [5.74, 6) is -0.782. The second-order valence-corrected chi connectivity index (χ2v) is 24.3. The summed E-state index contributed by atoms with van der Waals surface area (Å²) in [6.45, 7) is 18.7. The molecule has 0 fully saturated rings. The summed E-state index contributed by atoms with van der Waals surface area (Å²) in [4.78, 5) is 29.0. The molecule has 0 spiro atoms. The number of carbonyl (C=O) groups is 2. The number of ether oxygens (including phenoxy) is 2. The first-order valence-corrected chi connectivity index (χ1v) is 33.7. The topological polar surface area (TPSA) is 52.6 Å². The third kappa shape index (κ3) is 17.7. The first-order chi connectivity index (χ1) is 38.2. The van der Waals surface area contributed by atoms with Gasteiger partial charge in [-0.15, -0.1) is 0 Å². The summed E-state index contributed by atoms with van der Waals surface area (Å²) in [6.07, 6.45) is 49.3. The first kappa shape index (κ1) is 65.2. The molecule has 4 heteroatoms. The molecule has 436 valence electrons. The third-order valence-electron chi connectivity index (χ3n) is 18.3. The Balaban J connectivity index is 2.02. The highest BCUT2D eigenvalue weighted by Gasteiger charge is 2.36. The number of aryl methyl sites for hydroxylation is 4. The van der Waals surface area contributed by atoms with Crippen LogP contribution in [0.4, 0.5) is 0 Å². The van der Waals surface area contributed by atoms with Crippen molar-refractivity contribution in [2.45, 2.75) is 325 Å². The quantitative estimate of drug-likeness (QED) is 0.0222. The second kappa shape index (κ2) is 36.6. The van der Waals surface area contributed by atoms with Gasteiger partial charge in [0.15, 0.2) is 0 Å². The number of hydrogen-bond acceptors (Lipinski definition) is 4. The Morgan fingerprint density at radius 2 is 0.487 bits per heavy atom. The molecule has 5 rings (SSSR count). The maximum atomic E-state index is 14.5. The van der Waals surface area contributed by atoms with E-state index in [-0.39, 0.29) is 0 Å². The lowest BCUT2D eigenvalue weighted by atomic mass is 9.71. The van der Waals surface area contributed by atoms with Crippen molar-refractivity contribution in [1.82, 2.24) is 0 Å². The zero-order valence-electron chi connectivity index (χ0n) is 52.5. The Hall–Kier alpha value is -3.66. The van der Waals surface area contributed by atoms with E-state index in [1.807, 2.05) is 0 Å². The van der Waals surface area contributed by atoms with Crippen LogP contribution in [0.15, 0.2) is 12.1 Å². The molecule has 0 N–H and O–H groups in total. The molecule has 78 heavy (non-hydrogen) atoms. The number of benzene rings is 4. The van der Waals surface area contributed by atoms with Crippen LogP contribution in [0, 0.1) is 0 Å². The van der Waals surface area contributed by atoms with Gasteiger partial charge in [0.2, 0.25) is 0 Å². The largest absolute Gasteiger partial charge is 0.465 e. The Kier molecular flexibility index (Phi) is 30.6. The van der Waals surface area contributed by atoms with Crippen molar-refractivity contribution < 1.29 is 19.1 Å². The zero-order chi connectivity index (χ0) is 56.1. The van der Waals surface area contributed by atoms with Gasteiger partial charge in [-0.25, -0.2) is 9.59 Å². The third-order valence-corrected chi connectivity index (χ3v) is 18.3. The van der Waals surface area contributed by atoms with Gasteiger partial charge in [0, 0.05) is 0 Å². The molecule has 0 amide bonds. The van der Waals surface area contributed by atoms with Crippen LogP contribution in [-0.4, -0.2) is 26.2 Å². The molecule has 4 nitrogen and oxygen atoms in total. The fraction of sp³-hybridized carbons (Fsp3) is 0.703. The lowest BCUT2D eigenvalue weighted by Gasteiger charge is -2.33. The number of methoxy groups -OCH3 is 2. The van der Waals surface area contributed by atoms with Gasteiger partial charge in [-0.05, 0) is 216 Å². The van der Waals surface area contributed by atoms with Crippen molar-refractivity contribution in [1.29, 1.82) is 0 Å². The summed E-state index contributed by atoms with van der Waals surface area (Å²) in [5.41, 5.74) is 18.9. The number of esters is 2. The molecule has 0 aromatic heterocycles. The lowest BCUT2D eigenvalue weighted by molar-refractivity contribution is 0.0552. The Bertz CT molecular complexity index is 2270. The fourth-order valence-electron chi connectivity index (χ4n) is 13.9. The van der Waals surface area contributed by atoms with Crippen LogP contribution < -0.4 is 0 Å². The minimum absolute atomic E-state index is 0.391. The number of hydrogen-bond donors (Lipinski definition) is 0. The van der Waals surface area contributed by atoms with Gasteiger partial charge in [-0.1, -0.05) is 209 Å². The van der Waals surface area contributed by atoms with Crippen LogP contribution in [0.2, 0.25) is 0 Å². The highest BCUT2D eigenvalue weighted by molar-refractivity contribution is 6.07. The minimum Gasteiger partial charge on any atom is -0.465 e. The summed E-state index contributed by atoms with van der Waals surface area (Å²) in [5, 5.41) is 6.21. The number of fused-ring (bicyclic) bond motifs is 4. The van der Waals surface area contributed by atoms with Gasteiger partial charge >= 0.3 is 11.9 Å². The fourth-order valence-corrected chi connectivity index (χ4v) is 13.9. The summed E-state index contributed by atoms with van der Waals surface area (Å²) >= 11 is 0. The van der Waals surface area contributed by atoms with E-state index in [1.54, 1.807) is 55.3 Å². The summed E-state index contributed by atoms with van der Waals surface area (Å²) in [7, 11) is 2.99. The molecule has 0 bridgehead atoms. The zero-order valence-corrected chi connectivity index (χ0v) is 52.5. The average Bonchev–Trinajstić information content (AvgIpc) is 3.63. The maximum Gasteiger partial charge on any atom is 0.339 e. The number of carbonyl (C=O) groups excluding carboxylic acids is 2. The van der Waals surface area contributed by atoms with Gasteiger partial charge in [-0.2, -0.15) is 0 Å². The molecule has 4 aromatic rings. The maximum absolute atomic E-state index is 14.5. The molecule has 0 radical (unpaired) electrons. The summed E-state index contributed by atoms with van der Waals surface area (Å²) in [6, 6.07) is 5.63. The van der Waals surface area contributed by atoms with E-state index in [0.29, 0.717) is 11.1 Å². The predicted octanol–water partition coefficient (Wildman–Crippen LogP) is 22.0. The van der Waals surface area contributed by atoms with E-state index < -0.39 is 11.9 Å². The van der Waals surface area contributed by atoms with Crippen LogP contribution in [0.5, 0.6) is 0 Å². The highest BCUT2D eigenvalue weighted by Crippen LogP contribution is 2.47. The van der Waals surface area contributed by atoms with Crippen molar-refractivity contribution in [3.8, 4) is 0 Å². The van der Waals surface area contributed by atoms with E-state index >= 15 is 0 Å². The predicted molar refractivity (Wildman–Crippen MR) is 339 cm³/mol. The average molecular weight is 1070 g/mol. The van der Waals surface area contributed by atoms with Crippen molar-refractivity contribution in [2.75, 3.05) is 14.2 Å². The van der Waals surface area contributed by atoms with Gasteiger partial charge in [0.25, 0.3) is 0 Å². The van der Waals surface area contributed by atoms with Crippen LogP contribution in [0.25, 0.3) is 21.5 Å². The van der Waals surface area contributed by atoms with Gasteiger partial charge < -0.3 is 9.47 Å². The Morgan fingerprint density at radius 3 is 0.731 bits per heavy atom. The van der Waals surface area contributed by atoms with Gasteiger partial charge in [0.1, 0.15) is 0 Å². The van der Waals surface area contributed by atoms with Crippen molar-refractivity contribution in [3.63, 3.8) is 0 Å². The van der Waals surface area contributed by atoms with Crippen LogP contribution in [-0.2, 0) is 73.7 Å². The van der Waals surface area contributed by atoms with E-state index in [0.717, 1.165) is 101 Å². The SMILES string of the molecule is CCCCCCc1c2c(c(CCCCCC)c(C(=O)OC)c1C(=O)OC)Cc1c(c(CCCCCC)c3cc4c(CCCCCC)c(CCCCCC)c(CCCCCC)c(CCCCCC)c4cc3c1CCCCCC)C2. The van der Waals surface area contributed by atoms with E-state index in [2.05, 4.69) is 67.5 Å². The molecular formula is C74H116O4. The molecular weight excluding hydrogens is 953 g/mol. The highest BCUT2D eigenvalue weighted by atomic mass is 16.5. The van der Waals surface area contributed by atoms with Crippen molar-refractivity contribution >= 4 is 33.5 Å². The summed E-state index contributed by atoms with van der Waals surface area (Å²) < 4.78 is 11.4. The molecule has 1 aliphatic rings. The van der Waals surface area contributed by atoms with Gasteiger partial charge in [0.05, 0.1) is 25.3 Å². The number of unbranched alkanes of at least 4 members (excludes halogenated alkanes) is 24. The number of rotatable bonds is 42. The first-order valence-electron chi connectivity index (χ1n) is 33.7.